The van der Waals surface area contributed by atoms with E-state index >= 15 is 0 Å². The second-order valence-corrected chi connectivity index (χ2v) is 11.7. The van der Waals surface area contributed by atoms with E-state index in [9.17, 15) is 8.78 Å². The molecule has 0 saturated carbocycles. The molecule has 34 heavy (non-hydrogen) atoms. The number of anilines is 1. The average Bonchev–Trinajstić information content (AvgIpc) is 3.11. The van der Waals surface area contributed by atoms with Crippen molar-refractivity contribution in [2.45, 2.75) is 70.4 Å². The Morgan fingerprint density at radius 2 is 1.62 bits per heavy atom. The molecule has 192 valence electrons. The Labute approximate surface area is 212 Å². The lowest BCUT2D eigenvalue weighted by molar-refractivity contribution is 0.145. The summed E-state index contributed by atoms with van der Waals surface area (Å²) in [5, 5.41) is 9.65. The van der Waals surface area contributed by atoms with Gasteiger partial charge in [-0.3, -0.25) is 4.90 Å². The van der Waals surface area contributed by atoms with Crippen LogP contribution >= 0.6 is 24.2 Å². The molecule has 0 spiro atoms. The third-order valence-electron chi connectivity index (χ3n) is 5.68. The van der Waals surface area contributed by atoms with Gasteiger partial charge in [-0.05, 0) is 13.0 Å². The van der Waals surface area contributed by atoms with Crippen molar-refractivity contribution >= 4 is 30.0 Å². The number of aromatic nitrogens is 5. The summed E-state index contributed by atoms with van der Waals surface area (Å²) in [6.07, 6.45) is -1.54. The molecule has 0 radical (unpaired) electrons. The van der Waals surface area contributed by atoms with Gasteiger partial charge < -0.3 is 9.47 Å². The summed E-state index contributed by atoms with van der Waals surface area (Å²) in [4.78, 5) is 13.2. The maximum absolute atomic E-state index is 13.4. The van der Waals surface area contributed by atoms with Crippen molar-refractivity contribution < 1.29 is 8.78 Å². The molecule has 0 N–H and O–H groups in total. The van der Waals surface area contributed by atoms with E-state index < -0.39 is 6.43 Å². The van der Waals surface area contributed by atoms with E-state index in [1.807, 2.05) is 27.8 Å². The zero-order chi connectivity index (χ0) is 24.4. The van der Waals surface area contributed by atoms with Crippen LogP contribution in [0.3, 0.4) is 0 Å². The first kappa shape index (κ1) is 28.7. The van der Waals surface area contributed by atoms with Crippen molar-refractivity contribution in [3.63, 3.8) is 0 Å². The zero-order valence-electron chi connectivity index (χ0n) is 21.3. The van der Waals surface area contributed by atoms with Crippen LogP contribution in [0.2, 0.25) is 0 Å². The molecule has 3 heterocycles. The molecule has 2 aromatic rings. The van der Waals surface area contributed by atoms with E-state index in [-0.39, 0.29) is 28.9 Å². The molecule has 7 nitrogen and oxygen atoms in total. The number of piperazine rings is 1. The fourth-order valence-corrected chi connectivity index (χ4v) is 4.64. The van der Waals surface area contributed by atoms with Gasteiger partial charge in [0, 0.05) is 55.9 Å². The van der Waals surface area contributed by atoms with Crippen LogP contribution in [0, 0.1) is 0 Å². The topological polar surface area (TPSA) is 63.0 Å². The van der Waals surface area contributed by atoms with E-state index in [0.29, 0.717) is 11.6 Å². The minimum Gasteiger partial charge on any atom is -0.354 e. The van der Waals surface area contributed by atoms with Crippen LogP contribution in [0.4, 0.5) is 14.6 Å². The normalized spacial score (nSPS) is 15.6. The molecule has 0 unspecified atom stereocenters. The molecule has 0 atom stereocenters. The standard InChI is InChI=1S/C23H37F2N7S.ClH/c1-22(2,3)19-26-16(18(24)25)15-17(27-19)32-12-10-31(11-13-32)9-8-14-33-21-29-28-20(30(21)7)23(4,5)6;/h15,18H,8-14H2,1-7H3;1H. The van der Waals surface area contributed by atoms with Gasteiger partial charge in [0.25, 0.3) is 6.43 Å². The van der Waals surface area contributed by atoms with Crippen molar-refractivity contribution in [1.82, 2.24) is 29.6 Å². The fourth-order valence-electron chi connectivity index (χ4n) is 3.81. The Kier molecular flexibility index (Phi) is 9.69. The van der Waals surface area contributed by atoms with Crippen LogP contribution in [-0.2, 0) is 17.9 Å². The Bertz CT molecular complexity index is 932. The Morgan fingerprint density at radius 3 is 2.15 bits per heavy atom. The summed E-state index contributed by atoms with van der Waals surface area (Å²) >= 11 is 1.74. The van der Waals surface area contributed by atoms with Gasteiger partial charge in [0.1, 0.15) is 23.2 Å². The largest absolute Gasteiger partial charge is 0.354 e. The molecule has 2 aromatic heterocycles. The smallest absolute Gasteiger partial charge is 0.280 e. The molecule has 11 heteroatoms. The average molecular weight is 518 g/mol. The maximum Gasteiger partial charge on any atom is 0.280 e. The summed E-state index contributed by atoms with van der Waals surface area (Å²) in [5.74, 6) is 3.05. The predicted octanol–water partition coefficient (Wildman–Crippen LogP) is 4.86. The molecule has 0 amide bonds. The SMILES string of the molecule is Cl.Cn1c(SCCCN2CCN(c3cc(C(F)F)nc(C(C)(C)C)n3)CC2)nnc1C(C)(C)C. The van der Waals surface area contributed by atoms with Crippen molar-refractivity contribution in [3.8, 4) is 0 Å². The summed E-state index contributed by atoms with van der Waals surface area (Å²) in [7, 11) is 2.03. The van der Waals surface area contributed by atoms with Gasteiger partial charge in [0.15, 0.2) is 5.16 Å². The Balaban J connectivity index is 0.00000408. The van der Waals surface area contributed by atoms with E-state index in [1.54, 1.807) is 11.8 Å². The van der Waals surface area contributed by atoms with Gasteiger partial charge >= 0.3 is 0 Å². The molecule has 1 aliphatic heterocycles. The van der Waals surface area contributed by atoms with E-state index in [4.69, 9.17) is 0 Å². The molecular formula is C23H38ClF2N7S. The van der Waals surface area contributed by atoms with Gasteiger partial charge in [0.2, 0.25) is 0 Å². The molecule has 1 fully saturated rings. The minimum absolute atomic E-state index is 0. The Morgan fingerprint density at radius 1 is 0.971 bits per heavy atom. The number of rotatable bonds is 7. The summed E-state index contributed by atoms with van der Waals surface area (Å²) < 4.78 is 28.9. The molecule has 1 aliphatic rings. The first-order valence-electron chi connectivity index (χ1n) is 11.5. The van der Waals surface area contributed by atoms with Crippen molar-refractivity contribution in [1.29, 1.82) is 0 Å². The van der Waals surface area contributed by atoms with E-state index in [1.165, 1.54) is 6.07 Å². The molecule has 3 rings (SSSR count). The van der Waals surface area contributed by atoms with Crippen LogP contribution in [0.1, 0.15) is 71.7 Å². The first-order valence-corrected chi connectivity index (χ1v) is 12.5. The maximum atomic E-state index is 13.4. The van der Waals surface area contributed by atoms with Gasteiger partial charge in [-0.25, -0.2) is 18.7 Å². The number of halogens is 3. The summed E-state index contributed by atoms with van der Waals surface area (Å²) in [6, 6.07) is 1.44. The van der Waals surface area contributed by atoms with Gasteiger partial charge in [-0.2, -0.15) is 0 Å². The predicted molar refractivity (Wildman–Crippen MR) is 137 cm³/mol. The fraction of sp³-hybridized carbons (Fsp3) is 0.739. The van der Waals surface area contributed by atoms with E-state index in [2.05, 4.69) is 55.3 Å². The van der Waals surface area contributed by atoms with Crippen LogP contribution in [0.5, 0.6) is 0 Å². The molecule has 1 saturated heterocycles. The quantitative estimate of drug-likeness (QED) is 0.383. The second kappa shape index (κ2) is 11.5. The molecule has 0 aromatic carbocycles. The summed E-state index contributed by atoms with van der Waals surface area (Å²) in [6.45, 7) is 16.6. The van der Waals surface area contributed by atoms with Crippen LogP contribution in [0.25, 0.3) is 0 Å². The zero-order valence-corrected chi connectivity index (χ0v) is 22.9. The van der Waals surface area contributed by atoms with Gasteiger partial charge in [-0.1, -0.05) is 53.3 Å². The first-order chi connectivity index (χ1) is 15.4. The summed E-state index contributed by atoms with van der Waals surface area (Å²) in [5.41, 5.74) is -0.592. The van der Waals surface area contributed by atoms with Crippen LogP contribution in [0.15, 0.2) is 11.2 Å². The lowest BCUT2D eigenvalue weighted by Gasteiger charge is -2.36. The highest BCUT2D eigenvalue weighted by Gasteiger charge is 2.25. The third-order valence-corrected chi connectivity index (χ3v) is 6.79. The highest BCUT2D eigenvalue weighted by molar-refractivity contribution is 7.99. The van der Waals surface area contributed by atoms with Crippen molar-refractivity contribution in [3.05, 3.63) is 23.4 Å². The number of nitrogens with zero attached hydrogens (tertiary/aromatic N) is 7. The van der Waals surface area contributed by atoms with Gasteiger partial charge in [-0.15, -0.1) is 22.6 Å². The number of alkyl halides is 2. The lowest BCUT2D eigenvalue weighted by Crippen LogP contribution is -2.47. The van der Waals surface area contributed by atoms with Gasteiger partial charge in [0.05, 0.1) is 0 Å². The number of thioether (sulfide) groups is 1. The number of hydrogen-bond donors (Lipinski definition) is 0. The van der Waals surface area contributed by atoms with Crippen molar-refractivity contribution in [2.75, 3.05) is 43.4 Å². The second-order valence-electron chi connectivity index (χ2n) is 10.7. The van der Waals surface area contributed by atoms with Crippen LogP contribution in [-0.4, -0.2) is 68.1 Å². The monoisotopic (exact) mass is 517 g/mol. The highest BCUT2D eigenvalue weighted by Crippen LogP contribution is 2.27. The lowest BCUT2D eigenvalue weighted by atomic mass is 9.95. The minimum atomic E-state index is -2.60. The Hall–Kier alpha value is -1.52. The molecular weight excluding hydrogens is 480 g/mol. The molecule has 0 bridgehead atoms. The van der Waals surface area contributed by atoms with Crippen molar-refractivity contribution in [2.24, 2.45) is 7.05 Å². The van der Waals surface area contributed by atoms with E-state index in [0.717, 1.165) is 55.9 Å². The highest BCUT2D eigenvalue weighted by atomic mass is 35.5. The van der Waals surface area contributed by atoms with Crippen LogP contribution < -0.4 is 4.90 Å². The number of hydrogen-bond acceptors (Lipinski definition) is 7. The molecule has 0 aliphatic carbocycles. The third kappa shape index (κ3) is 7.24.